The SMILES string of the molecule is Cc1c(C2N=C(NC(C)(C)C)NC2=O)cnn1C. The smallest absolute Gasteiger partial charge is 0.256 e. The second-order valence-electron chi connectivity index (χ2n) is 5.55. The molecule has 1 aliphatic rings. The molecule has 1 amide bonds. The molecular formula is C12H19N5O. The number of rotatable bonds is 1. The van der Waals surface area contributed by atoms with Crippen LogP contribution in [0.1, 0.15) is 38.1 Å². The lowest BCUT2D eigenvalue weighted by Gasteiger charge is -2.21. The van der Waals surface area contributed by atoms with Crippen LogP contribution in [0, 0.1) is 6.92 Å². The first-order valence-electron chi connectivity index (χ1n) is 5.93. The van der Waals surface area contributed by atoms with Crippen molar-refractivity contribution in [2.24, 2.45) is 12.0 Å². The van der Waals surface area contributed by atoms with Crippen LogP contribution in [-0.4, -0.2) is 27.2 Å². The Morgan fingerprint density at radius 3 is 2.61 bits per heavy atom. The molecule has 1 aromatic heterocycles. The zero-order chi connectivity index (χ0) is 13.5. The molecule has 0 saturated carbocycles. The Labute approximate surface area is 106 Å². The van der Waals surface area contributed by atoms with Gasteiger partial charge < -0.3 is 5.32 Å². The number of aromatic nitrogens is 2. The molecule has 1 aliphatic heterocycles. The Bertz CT molecular complexity index is 509. The third-order valence-electron chi connectivity index (χ3n) is 2.81. The largest absolute Gasteiger partial charge is 0.351 e. The zero-order valence-corrected chi connectivity index (χ0v) is 11.4. The van der Waals surface area contributed by atoms with Crippen molar-refractivity contribution in [2.45, 2.75) is 39.3 Å². The molecule has 1 unspecified atom stereocenters. The third kappa shape index (κ3) is 2.37. The van der Waals surface area contributed by atoms with Crippen LogP contribution >= 0.6 is 0 Å². The Hall–Kier alpha value is -1.85. The summed E-state index contributed by atoms with van der Waals surface area (Å²) in [4.78, 5) is 16.3. The predicted molar refractivity (Wildman–Crippen MR) is 69.2 cm³/mol. The maximum atomic E-state index is 11.9. The molecule has 18 heavy (non-hydrogen) atoms. The van der Waals surface area contributed by atoms with Crippen LogP contribution in [0.15, 0.2) is 11.2 Å². The summed E-state index contributed by atoms with van der Waals surface area (Å²) in [6.07, 6.45) is 1.70. The lowest BCUT2D eigenvalue weighted by molar-refractivity contribution is -0.120. The first-order valence-corrected chi connectivity index (χ1v) is 5.93. The summed E-state index contributed by atoms with van der Waals surface area (Å²) < 4.78 is 1.74. The Balaban J connectivity index is 2.25. The summed E-state index contributed by atoms with van der Waals surface area (Å²) in [5, 5.41) is 10.1. The molecule has 0 aliphatic carbocycles. The van der Waals surface area contributed by atoms with Gasteiger partial charge >= 0.3 is 0 Å². The van der Waals surface area contributed by atoms with Gasteiger partial charge in [-0.25, -0.2) is 4.99 Å². The van der Waals surface area contributed by atoms with E-state index in [1.165, 1.54) is 0 Å². The number of nitrogens with one attached hydrogen (secondary N) is 2. The zero-order valence-electron chi connectivity index (χ0n) is 11.4. The van der Waals surface area contributed by atoms with Gasteiger partial charge in [-0.15, -0.1) is 0 Å². The standard InChI is InChI=1S/C12H19N5O/c1-7-8(6-13-17(7)5)9-10(18)15-11(14-9)16-12(2,3)4/h6,9H,1-5H3,(H2,14,15,16,18). The summed E-state index contributed by atoms with van der Waals surface area (Å²) in [6.45, 7) is 7.99. The van der Waals surface area contributed by atoms with Crippen molar-refractivity contribution in [3.8, 4) is 0 Å². The summed E-state index contributed by atoms with van der Waals surface area (Å²) in [5.74, 6) is 0.415. The summed E-state index contributed by atoms with van der Waals surface area (Å²) in [6, 6.07) is -0.497. The molecule has 6 nitrogen and oxygen atoms in total. The summed E-state index contributed by atoms with van der Waals surface area (Å²) >= 11 is 0. The van der Waals surface area contributed by atoms with Crippen molar-refractivity contribution in [1.82, 2.24) is 20.4 Å². The molecule has 0 spiro atoms. The van der Waals surface area contributed by atoms with Crippen molar-refractivity contribution in [3.05, 3.63) is 17.5 Å². The summed E-state index contributed by atoms with van der Waals surface area (Å²) in [5.41, 5.74) is 1.67. The number of nitrogens with zero attached hydrogens (tertiary/aromatic N) is 3. The van der Waals surface area contributed by atoms with Crippen LogP contribution in [0.2, 0.25) is 0 Å². The van der Waals surface area contributed by atoms with Gasteiger partial charge in [0.1, 0.15) is 0 Å². The molecule has 0 aromatic carbocycles. The van der Waals surface area contributed by atoms with E-state index in [1.807, 2.05) is 34.7 Å². The first kappa shape index (κ1) is 12.6. The predicted octanol–water partition coefficient (Wildman–Crippen LogP) is 0.644. The fourth-order valence-electron chi connectivity index (χ4n) is 1.82. The molecular weight excluding hydrogens is 230 g/mol. The van der Waals surface area contributed by atoms with E-state index in [4.69, 9.17) is 0 Å². The highest BCUT2D eigenvalue weighted by Crippen LogP contribution is 2.23. The molecule has 0 bridgehead atoms. The van der Waals surface area contributed by atoms with Gasteiger partial charge in [0.15, 0.2) is 12.0 Å². The Kier molecular flexibility index (Phi) is 2.88. The normalized spacial score (nSPS) is 19.7. The highest BCUT2D eigenvalue weighted by atomic mass is 16.2. The lowest BCUT2D eigenvalue weighted by Crippen LogP contribution is -2.46. The summed E-state index contributed by atoms with van der Waals surface area (Å²) in [7, 11) is 1.85. The number of aliphatic imine (C=N–C) groups is 1. The number of guanidine groups is 1. The van der Waals surface area contributed by atoms with Crippen molar-refractivity contribution in [3.63, 3.8) is 0 Å². The average molecular weight is 249 g/mol. The van der Waals surface area contributed by atoms with Gasteiger partial charge in [0.05, 0.1) is 6.20 Å². The number of aryl methyl sites for hydroxylation is 1. The molecule has 2 rings (SSSR count). The first-order chi connectivity index (χ1) is 8.28. The van der Waals surface area contributed by atoms with Gasteiger partial charge in [-0.3, -0.25) is 14.8 Å². The molecule has 98 valence electrons. The second-order valence-corrected chi connectivity index (χ2v) is 5.55. The average Bonchev–Trinajstić information content (AvgIpc) is 2.70. The highest BCUT2D eigenvalue weighted by Gasteiger charge is 2.31. The highest BCUT2D eigenvalue weighted by molar-refractivity contribution is 6.05. The lowest BCUT2D eigenvalue weighted by atomic mass is 10.1. The van der Waals surface area contributed by atoms with E-state index in [-0.39, 0.29) is 11.4 Å². The van der Waals surface area contributed by atoms with Gasteiger partial charge in [-0.1, -0.05) is 0 Å². The minimum Gasteiger partial charge on any atom is -0.351 e. The van der Waals surface area contributed by atoms with Crippen LogP contribution in [-0.2, 0) is 11.8 Å². The minimum atomic E-state index is -0.497. The number of carbonyl (C=O) groups excluding carboxylic acids is 1. The second kappa shape index (κ2) is 4.12. The van der Waals surface area contributed by atoms with Crippen LogP contribution < -0.4 is 10.6 Å². The number of amides is 1. The van der Waals surface area contributed by atoms with E-state index in [1.54, 1.807) is 10.9 Å². The van der Waals surface area contributed by atoms with Crippen molar-refractivity contribution in [1.29, 1.82) is 0 Å². The quantitative estimate of drug-likeness (QED) is 0.767. The van der Waals surface area contributed by atoms with Crippen LogP contribution in [0.5, 0.6) is 0 Å². The molecule has 2 N–H and O–H groups in total. The van der Waals surface area contributed by atoms with Gasteiger partial charge in [-0.2, -0.15) is 5.10 Å². The number of carbonyl (C=O) groups is 1. The number of hydrogen-bond donors (Lipinski definition) is 2. The Morgan fingerprint density at radius 1 is 1.44 bits per heavy atom. The van der Waals surface area contributed by atoms with Crippen molar-refractivity contribution < 1.29 is 4.79 Å². The van der Waals surface area contributed by atoms with Crippen LogP contribution in [0.3, 0.4) is 0 Å². The van der Waals surface area contributed by atoms with E-state index in [0.29, 0.717) is 5.96 Å². The van der Waals surface area contributed by atoms with Crippen LogP contribution in [0.4, 0.5) is 0 Å². The molecule has 1 atom stereocenters. The van der Waals surface area contributed by atoms with Crippen molar-refractivity contribution >= 4 is 11.9 Å². The molecule has 0 saturated heterocycles. The van der Waals surface area contributed by atoms with Gasteiger partial charge in [0, 0.05) is 23.8 Å². The fourth-order valence-corrected chi connectivity index (χ4v) is 1.82. The maximum Gasteiger partial charge on any atom is 0.256 e. The van der Waals surface area contributed by atoms with Gasteiger partial charge in [0.2, 0.25) is 0 Å². The molecule has 2 heterocycles. The van der Waals surface area contributed by atoms with E-state index < -0.39 is 6.04 Å². The van der Waals surface area contributed by atoms with Crippen molar-refractivity contribution in [2.75, 3.05) is 0 Å². The molecule has 6 heteroatoms. The van der Waals surface area contributed by atoms with E-state index in [0.717, 1.165) is 11.3 Å². The molecule has 0 radical (unpaired) electrons. The van der Waals surface area contributed by atoms with E-state index in [2.05, 4.69) is 20.7 Å². The van der Waals surface area contributed by atoms with Gasteiger partial charge in [0.25, 0.3) is 5.91 Å². The maximum absolute atomic E-state index is 11.9. The Morgan fingerprint density at radius 2 is 2.11 bits per heavy atom. The fraction of sp³-hybridized carbons (Fsp3) is 0.583. The molecule has 1 aromatic rings. The molecule has 0 fully saturated rings. The third-order valence-corrected chi connectivity index (χ3v) is 2.81. The topological polar surface area (TPSA) is 71.3 Å². The number of hydrogen-bond acceptors (Lipinski definition) is 4. The van der Waals surface area contributed by atoms with Crippen LogP contribution in [0.25, 0.3) is 0 Å². The monoisotopic (exact) mass is 249 g/mol. The van der Waals surface area contributed by atoms with E-state index >= 15 is 0 Å². The van der Waals surface area contributed by atoms with E-state index in [9.17, 15) is 4.79 Å². The van der Waals surface area contributed by atoms with Gasteiger partial charge in [-0.05, 0) is 27.7 Å². The minimum absolute atomic E-state index is 0.113.